The average molecular weight is 278 g/mol. The summed E-state index contributed by atoms with van der Waals surface area (Å²) in [6.07, 6.45) is 5.25. The monoisotopic (exact) mass is 278 g/mol. The fourth-order valence-electron chi connectivity index (χ4n) is 2.52. The first-order chi connectivity index (χ1) is 9.83. The van der Waals surface area contributed by atoms with Gasteiger partial charge >= 0.3 is 0 Å². The van der Waals surface area contributed by atoms with Crippen molar-refractivity contribution in [1.82, 2.24) is 0 Å². The van der Waals surface area contributed by atoms with E-state index in [2.05, 4.69) is 31.2 Å². The summed E-state index contributed by atoms with van der Waals surface area (Å²) < 4.78 is 17.0. The van der Waals surface area contributed by atoms with Crippen LogP contribution in [0.5, 0.6) is 0 Å². The molecular formula is C17H26O3. The molecule has 1 saturated heterocycles. The lowest BCUT2D eigenvalue weighted by molar-refractivity contribution is -0.137. The Balaban J connectivity index is 1.78. The molecule has 0 bridgehead atoms. The molecule has 1 aliphatic heterocycles. The van der Waals surface area contributed by atoms with Crippen LogP contribution in [0.1, 0.15) is 49.8 Å². The largest absolute Gasteiger partial charge is 0.380 e. The van der Waals surface area contributed by atoms with Gasteiger partial charge in [-0.05, 0) is 17.5 Å². The van der Waals surface area contributed by atoms with Crippen molar-refractivity contribution in [2.24, 2.45) is 0 Å². The predicted octanol–water partition coefficient (Wildman–Crippen LogP) is 3.87. The van der Waals surface area contributed by atoms with Gasteiger partial charge in [-0.25, -0.2) is 0 Å². The maximum atomic E-state index is 5.95. The number of hydrogen-bond acceptors (Lipinski definition) is 3. The summed E-state index contributed by atoms with van der Waals surface area (Å²) in [6.45, 7) is 4.26. The van der Waals surface area contributed by atoms with Crippen LogP contribution in [0.4, 0.5) is 0 Å². The van der Waals surface area contributed by atoms with Gasteiger partial charge in [-0.3, -0.25) is 0 Å². The second-order valence-corrected chi connectivity index (χ2v) is 5.45. The molecule has 1 heterocycles. The van der Waals surface area contributed by atoms with Gasteiger partial charge in [0, 0.05) is 7.11 Å². The zero-order chi connectivity index (χ0) is 14.2. The Morgan fingerprint density at radius 3 is 2.50 bits per heavy atom. The highest BCUT2D eigenvalue weighted by atomic mass is 16.6. The topological polar surface area (TPSA) is 27.7 Å². The Hall–Kier alpha value is -0.900. The maximum absolute atomic E-state index is 5.95. The smallest absolute Gasteiger partial charge is 0.106 e. The Morgan fingerprint density at radius 2 is 1.90 bits per heavy atom. The van der Waals surface area contributed by atoms with Crippen LogP contribution in [0.15, 0.2) is 24.3 Å². The molecule has 0 radical (unpaired) electrons. The van der Waals surface area contributed by atoms with Crippen LogP contribution in [0, 0.1) is 0 Å². The van der Waals surface area contributed by atoms with Crippen molar-refractivity contribution in [3.05, 3.63) is 35.4 Å². The SMILES string of the molecule is CCCCCC1COC(c2ccc(COC)cc2)CO1. The van der Waals surface area contributed by atoms with Crippen LogP contribution in [-0.2, 0) is 20.8 Å². The Bertz CT molecular complexity index is 366. The Morgan fingerprint density at radius 1 is 1.10 bits per heavy atom. The van der Waals surface area contributed by atoms with Crippen LogP contribution in [-0.4, -0.2) is 26.4 Å². The van der Waals surface area contributed by atoms with E-state index < -0.39 is 0 Å². The van der Waals surface area contributed by atoms with Gasteiger partial charge in [0.15, 0.2) is 0 Å². The van der Waals surface area contributed by atoms with E-state index >= 15 is 0 Å². The number of unbranched alkanes of at least 4 members (excludes halogenated alkanes) is 2. The first kappa shape index (κ1) is 15.5. The fourth-order valence-corrected chi connectivity index (χ4v) is 2.52. The van der Waals surface area contributed by atoms with E-state index in [9.17, 15) is 0 Å². The minimum absolute atomic E-state index is 0.0778. The first-order valence-corrected chi connectivity index (χ1v) is 7.64. The second kappa shape index (κ2) is 8.40. The number of hydrogen-bond donors (Lipinski definition) is 0. The lowest BCUT2D eigenvalue weighted by atomic mass is 10.1. The summed E-state index contributed by atoms with van der Waals surface area (Å²) in [6, 6.07) is 8.41. The van der Waals surface area contributed by atoms with Crippen LogP contribution in [0.2, 0.25) is 0 Å². The molecule has 2 atom stereocenters. The van der Waals surface area contributed by atoms with Crippen molar-refractivity contribution in [3.8, 4) is 0 Å². The third kappa shape index (κ3) is 4.58. The molecule has 1 fully saturated rings. The molecule has 0 aromatic heterocycles. The van der Waals surface area contributed by atoms with Crippen molar-refractivity contribution in [3.63, 3.8) is 0 Å². The summed E-state index contributed by atoms with van der Waals surface area (Å²) in [4.78, 5) is 0. The first-order valence-electron chi connectivity index (χ1n) is 7.64. The molecule has 0 N–H and O–H groups in total. The second-order valence-electron chi connectivity index (χ2n) is 5.45. The summed E-state index contributed by atoms with van der Waals surface area (Å²) in [7, 11) is 1.71. The molecule has 2 unspecified atom stereocenters. The van der Waals surface area contributed by atoms with Gasteiger partial charge in [0.25, 0.3) is 0 Å². The Kier molecular flexibility index (Phi) is 6.51. The molecule has 0 aliphatic carbocycles. The molecule has 0 saturated carbocycles. The molecule has 1 aromatic rings. The van der Waals surface area contributed by atoms with E-state index in [0.29, 0.717) is 19.8 Å². The van der Waals surface area contributed by atoms with E-state index in [1.165, 1.54) is 30.4 Å². The molecule has 0 amide bonds. The van der Waals surface area contributed by atoms with Crippen molar-refractivity contribution in [2.75, 3.05) is 20.3 Å². The van der Waals surface area contributed by atoms with Gasteiger partial charge in [-0.1, -0.05) is 50.5 Å². The lowest BCUT2D eigenvalue weighted by Gasteiger charge is -2.30. The van der Waals surface area contributed by atoms with Crippen LogP contribution in [0.3, 0.4) is 0 Å². The fraction of sp³-hybridized carbons (Fsp3) is 0.647. The van der Waals surface area contributed by atoms with Gasteiger partial charge in [0.1, 0.15) is 6.10 Å². The number of benzene rings is 1. The average Bonchev–Trinajstić information content (AvgIpc) is 2.49. The minimum atomic E-state index is 0.0778. The van der Waals surface area contributed by atoms with Crippen molar-refractivity contribution in [1.29, 1.82) is 0 Å². The minimum Gasteiger partial charge on any atom is -0.380 e. The van der Waals surface area contributed by atoms with Crippen molar-refractivity contribution < 1.29 is 14.2 Å². The van der Waals surface area contributed by atoms with E-state index in [-0.39, 0.29) is 12.2 Å². The number of ether oxygens (including phenoxy) is 3. The molecular weight excluding hydrogens is 252 g/mol. The molecule has 112 valence electrons. The van der Waals surface area contributed by atoms with Gasteiger partial charge in [0.05, 0.1) is 25.9 Å². The van der Waals surface area contributed by atoms with Crippen LogP contribution < -0.4 is 0 Å². The van der Waals surface area contributed by atoms with Crippen LogP contribution in [0.25, 0.3) is 0 Å². The third-order valence-corrected chi connectivity index (χ3v) is 3.76. The highest BCUT2D eigenvalue weighted by Crippen LogP contribution is 2.25. The zero-order valence-corrected chi connectivity index (χ0v) is 12.6. The number of methoxy groups -OCH3 is 1. The summed E-state index contributed by atoms with van der Waals surface area (Å²) in [5.74, 6) is 0. The summed E-state index contributed by atoms with van der Waals surface area (Å²) in [5, 5.41) is 0. The molecule has 2 rings (SSSR count). The van der Waals surface area contributed by atoms with Crippen LogP contribution >= 0.6 is 0 Å². The van der Waals surface area contributed by atoms with Gasteiger partial charge < -0.3 is 14.2 Å². The molecule has 3 heteroatoms. The zero-order valence-electron chi connectivity index (χ0n) is 12.6. The lowest BCUT2D eigenvalue weighted by Crippen LogP contribution is -2.31. The van der Waals surface area contributed by atoms with E-state index in [1.807, 2.05) is 0 Å². The molecule has 1 aromatic carbocycles. The predicted molar refractivity (Wildman–Crippen MR) is 79.7 cm³/mol. The van der Waals surface area contributed by atoms with Gasteiger partial charge in [-0.15, -0.1) is 0 Å². The summed E-state index contributed by atoms with van der Waals surface area (Å²) in [5.41, 5.74) is 2.38. The molecule has 20 heavy (non-hydrogen) atoms. The number of rotatable bonds is 7. The van der Waals surface area contributed by atoms with E-state index in [1.54, 1.807) is 7.11 Å². The molecule has 1 aliphatic rings. The van der Waals surface area contributed by atoms with E-state index in [0.717, 1.165) is 6.42 Å². The highest BCUT2D eigenvalue weighted by molar-refractivity contribution is 5.24. The highest BCUT2D eigenvalue weighted by Gasteiger charge is 2.23. The van der Waals surface area contributed by atoms with Gasteiger partial charge in [-0.2, -0.15) is 0 Å². The maximum Gasteiger partial charge on any atom is 0.106 e. The Labute approximate surface area is 122 Å². The quantitative estimate of drug-likeness (QED) is 0.709. The third-order valence-electron chi connectivity index (χ3n) is 3.76. The van der Waals surface area contributed by atoms with E-state index in [4.69, 9.17) is 14.2 Å². The standard InChI is InChI=1S/C17H26O3/c1-3-4-5-6-16-12-20-17(13-19-16)15-9-7-14(8-10-15)11-18-2/h7-10,16-17H,3-6,11-13H2,1-2H3. The van der Waals surface area contributed by atoms with Crippen molar-refractivity contribution in [2.45, 2.75) is 51.4 Å². The molecule has 0 spiro atoms. The van der Waals surface area contributed by atoms with Gasteiger partial charge in [0.2, 0.25) is 0 Å². The molecule has 3 nitrogen and oxygen atoms in total. The summed E-state index contributed by atoms with van der Waals surface area (Å²) >= 11 is 0. The normalized spacial score (nSPS) is 22.9. The van der Waals surface area contributed by atoms with Crippen molar-refractivity contribution >= 4 is 0 Å².